The Bertz CT molecular complexity index is 706. The van der Waals surface area contributed by atoms with Gasteiger partial charge in [0.1, 0.15) is 11.6 Å². The zero-order chi connectivity index (χ0) is 18.8. The lowest BCUT2D eigenvalue weighted by Gasteiger charge is -2.20. The van der Waals surface area contributed by atoms with Crippen LogP contribution in [0.2, 0.25) is 0 Å². The van der Waals surface area contributed by atoms with Crippen LogP contribution in [-0.4, -0.2) is 12.5 Å². The summed E-state index contributed by atoms with van der Waals surface area (Å²) in [6, 6.07) is 12.0. The van der Waals surface area contributed by atoms with Crippen molar-refractivity contribution in [3.8, 4) is 0 Å². The molecule has 2 rings (SSSR count). The van der Waals surface area contributed by atoms with Crippen molar-refractivity contribution in [2.75, 3.05) is 6.54 Å². The van der Waals surface area contributed by atoms with Crippen molar-refractivity contribution >= 4 is 5.91 Å². The van der Waals surface area contributed by atoms with E-state index < -0.39 is 6.04 Å². The minimum Gasteiger partial charge on any atom is -0.349 e. The molecule has 0 spiro atoms. The highest BCUT2D eigenvalue weighted by Gasteiger charge is 2.16. The Morgan fingerprint density at radius 2 is 1.65 bits per heavy atom. The van der Waals surface area contributed by atoms with E-state index in [1.54, 1.807) is 24.3 Å². The molecule has 0 aliphatic rings. The number of hydrogen-bond donors (Lipinski definition) is 2. The number of nitrogens with one attached hydrogen (secondary N) is 1. The summed E-state index contributed by atoms with van der Waals surface area (Å²) >= 11 is 0. The van der Waals surface area contributed by atoms with Crippen LogP contribution in [0.15, 0.2) is 48.5 Å². The molecule has 140 valence electrons. The summed E-state index contributed by atoms with van der Waals surface area (Å²) in [5, 5.41) is 2.97. The van der Waals surface area contributed by atoms with E-state index in [1.165, 1.54) is 24.3 Å². The highest BCUT2D eigenvalue weighted by atomic mass is 19.1. The molecule has 0 radical (unpaired) electrons. The van der Waals surface area contributed by atoms with Crippen LogP contribution in [0, 0.1) is 11.6 Å². The summed E-state index contributed by atoms with van der Waals surface area (Å²) in [4.78, 5) is 12.3. The number of benzene rings is 2. The number of nitrogens with two attached hydrogens (primary N) is 1. The highest BCUT2D eigenvalue weighted by molar-refractivity contribution is 5.76. The molecule has 1 amide bonds. The van der Waals surface area contributed by atoms with E-state index in [4.69, 9.17) is 5.73 Å². The topological polar surface area (TPSA) is 55.1 Å². The van der Waals surface area contributed by atoms with Crippen LogP contribution in [0.1, 0.15) is 49.3 Å². The van der Waals surface area contributed by atoms with Gasteiger partial charge in [-0.15, -0.1) is 0 Å². The van der Waals surface area contributed by atoms with E-state index in [9.17, 15) is 13.6 Å². The van der Waals surface area contributed by atoms with Crippen LogP contribution < -0.4 is 11.1 Å². The predicted octanol–water partition coefficient (Wildman–Crippen LogP) is 4.27. The normalized spacial score (nSPS) is 12.0. The van der Waals surface area contributed by atoms with Crippen molar-refractivity contribution in [3.05, 3.63) is 71.3 Å². The Morgan fingerprint density at radius 3 is 2.35 bits per heavy atom. The molecule has 0 aromatic heterocycles. The minimum absolute atomic E-state index is 0.0802. The average molecular weight is 360 g/mol. The Hall–Kier alpha value is -2.27. The third kappa shape index (κ3) is 6.92. The Morgan fingerprint density at radius 1 is 0.962 bits per heavy atom. The lowest BCUT2D eigenvalue weighted by Crippen LogP contribution is -2.29. The average Bonchev–Trinajstić information content (AvgIpc) is 2.61. The molecular weight excluding hydrogens is 334 g/mol. The minimum atomic E-state index is -0.399. The van der Waals surface area contributed by atoms with Crippen LogP contribution in [0.3, 0.4) is 0 Å². The van der Waals surface area contributed by atoms with E-state index in [1.807, 2.05) is 0 Å². The fraction of sp³-hybridized carbons (Fsp3) is 0.381. The summed E-state index contributed by atoms with van der Waals surface area (Å²) in [7, 11) is 0. The van der Waals surface area contributed by atoms with E-state index in [-0.39, 0.29) is 17.5 Å². The van der Waals surface area contributed by atoms with Gasteiger partial charge in [0.25, 0.3) is 0 Å². The van der Waals surface area contributed by atoms with Crippen molar-refractivity contribution in [1.29, 1.82) is 0 Å². The Kier molecular flexibility index (Phi) is 8.22. The monoisotopic (exact) mass is 360 g/mol. The molecule has 0 fully saturated rings. The molecule has 1 atom stereocenters. The standard InChI is InChI=1S/C21H26F2N2O/c22-18-9-5-7-16(13-18)14-20(17-8-6-10-19(23)15-17)25-21(26)11-3-1-2-4-12-24/h5-10,13,15,20H,1-4,11-12,14,24H2,(H,25,26). The number of halogens is 2. The van der Waals surface area contributed by atoms with Gasteiger partial charge in [-0.2, -0.15) is 0 Å². The maximum Gasteiger partial charge on any atom is 0.220 e. The largest absolute Gasteiger partial charge is 0.349 e. The molecule has 3 N–H and O–H groups in total. The lowest BCUT2D eigenvalue weighted by molar-refractivity contribution is -0.122. The van der Waals surface area contributed by atoms with Crippen LogP contribution in [-0.2, 0) is 11.2 Å². The van der Waals surface area contributed by atoms with E-state index in [2.05, 4.69) is 5.32 Å². The number of hydrogen-bond acceptors (Lipinski definition) is 2. The van der Waals surface area contributed by atoms with E-state index >= 15 is 0 Å². The van der Waals surface area contributed by atoms with E-state index in [0.717, 1.165) is 31.2 Å². The molecule has 0 saturated heterocycles. The molecule has 26 heavy (non-hydrogen) atoms. The van der Waals surface area contributed by atoms with Gasteiger partial charge in [-0.1, -0.05) is 37.1 Å². The van der Waals surface area contributed by atoms with Gasteiger partial charge in [0.15, 0.2) is 0 Å². The fourth-order valence-corrected chi connectivity index (χ4v) is 2.93. The molecule has 0 aliphatic carbocycles. The Balaban J connectivity index is 2.02. The van der Waals surface area contributed by atoms with Crippen molar-refractivity contribution in [1.82, 2.24) is 5.32 Å². The molecule has 1 unspecified atom stereocenters. The quantitative estimate of drug-likeness (QED) is 0.622. The van der Waals surface area contributed by atoms with Crippen LogP contribution in [0.4, 0.5) is 8.78 Å². The second kappa shape index (κ2) is 10.7. The first kappa shape index (κ1) is 20.0. The maximum absolute atomic E-state index is 13.6. The molecule has 0 saturated carbocycles. The zero-order valence-electron chi connectivity index (χ0n) is 14.9. The fourth-order valence-electron chi connectivity index (χ4n) is 2.93. The third-order valence-electron chi connectivity index (χ3n) is 4.27. The summed E-state index contributed by atoms with van der Waals surface area (Å²) < 4.78 is 27.1. The van der Waals surface area contributed by atoms with E-state index in [0.29, 0.717) is 24.9 Å². The van der Waals surface area contributed by atoms with Crippen LogP contribution in [0.25, 0.3) is 0 Å². The van der Waals surface area contributed by atoms with Gasteiger partial charge in [0, 0.05) is 6.42 Å². The smallest absolute Gasteiger partial charge is 0.220 e. The number of rotatable bonds is 10. The second-order valence-corrected chi connectivity index (χ2v) is 6.46. The van der Waals surface area contributed by atoms with Gasteiger partial charge in [0.2, 0.25) is 5.91 Å². The maximum atomic E-state index is 13.6. The van der Waals surface area contributed by atoms with Crippen LogP contribution >= 0.6 is 0 Å². The van der Waals surface area contributed by atoms with Gasteiger partial charge < -0.3 is 11.1 Å². The summed E-state index contributed by atoms with van der Waals surface area (Å²) in [6.07, 6.45) is 4.55. The number of unbranched alkanes of at least 4 members (excludes halogenated alkanes) is 3. The summed E-state index contributed by atoms with van der Waals surface area (Å²) in [5.41, 5.74) is 6.88. The van der Waals surface area contributed by atoms with Gasteiger partial charge >= 0.3 is 0 Å². The Labute approximate surface area is 153 Å². The van der Waals surface area contributed by atoms with Gasteiger partial charge in [-0.25, -0.2) is 8.78 Å². The highest BCUT2D eigenvalue weighted by Crippen LogP contribution is 2.20. The molecule has 2 aromatic carbocycles. The SMILES string of the molecule is NCCCCCCC(=O)NC(Cc1cccc(F)c1)c1cccc(F)c1. The number of carbonyl (C=O) groups excluding carboxylic acids is 1. The first-order valence-corrected chi connectivity index (χ1v) is 9.08. The molecule has 5 heteroatoms. The lowest BCUT2D eigenvalue weighted by atomic mass is 9.98. The first-order valence-electron chi connectivity index (χ1n) is 9.08. The van der Waals surface area contributed by atoms with Gasteiger partial charge in [-0.3, -0.25) is 4.79 Å². The molecule has 0 aliphatic heterocycles. The molecule has 0 heterocycles. The number of amides is 1. The van der Waals surface area contributed by atoms with Crippen molar-refractivity contribution in [2.24, 2.45) is 5.73 Å². The first-order chi connectivity index (χ1) is 12.6. The van der Waals surface area contributed by atoms with Crippen molar-refractivity contribution in [2.45, 2.75) is 44.6 Å². The van der Waals surface area contributed by atoms with Crippen molar-refractivity contribution in [3.63, 3.8) is 0 Å². The predicted molar refractivity (Wildman–Crippen MR) is 99.5 cm³/mol. The molecule has 3 nitrogen and oxygen atoms in total. The van der Waals surface area contributed by atoms with Gasteiger partial charge in [0.05, 0.1) is 6.04 Å². The summed E-state index contributed by atoms with van der Waals surface area (Å²) in [6.45, 7) is 0.668. The summed E-state index contributed by atoms with van der Waals surface area (Å²) in [5.74, 6) is -0.766. The zero-order valence-corrected chi connectivity index (χ0v) is 14.9. The molecule has 0 bridgehead atoms. The van der Waals surface area contributed by atoms with Gasteiger partial charge in [-0.05, 0) is 61.2 Å². The number of carbonyl (C=O) groups is 1. The third-order valence-corrected chi connectivity index (χ3v) is 4.27. The molecular formula is C21H26F2N2O. The van der Waals surface area contributed by atoms with Crippen LogP contribution in [0.5, 0.6) is 0 Å². The second-order valence-electron chi connectivity index (χ2n) is 6.46. The van der Waals surface area contributed by atoms with Crippen molar-refractivity contribution < 1.29 is 13.6 Å². The molecule has 2 aromatic rings.